The van der Waals surface area contributed by atoms with Gasteiger partial charge in [0, 0.05) is 12.0 Å². The van der Waals surface area contributed by atoms with E-state index >= 15 is 0 Å². The number of carbonyl (C=O) groups is 1. The van der Waals surface area contributed by atoms with Gasteiger partial charge in [-0.1, -0.05) is 24.3 Å². The van der Waals surface area contributed by atoms with E-state index in [0.717, 1.165) is 23.1 Å². The zero-order chi connectivity index (χ0) is 17.1. The first-order chi connectivity index (χ1) is 11.6. The SMILES string of the molecule is CCOC(=O)Cc1ccc(C2COc3cc(O)c(O)cc3C2)cc1. The summed E-state index contributed by atoms with van der Waals surface area (Å²) < 4.78 is 10.7. The summed E-state index contributed by atoms with van der Waals surface area (Å²) in [6.07, 6.45) is 0.992. The van der Waals surface area contributed by atoms with E-state index in [-0.39, 0.29) is 29.8 Å². The van der Waals surface area contributed by atoms with Gasteiger partial charge in [0.05, 0.1) is 19.6 Å². The number of benzene rings is 2. The van der Waals surface area contributed by atoms with Gasteiger partial charge in [0.25, 0.3) is 0 Å². The second kappa shape index (κ2) is 6.83. The third kappa shape index (κ3) is 3.45. The quantitative estimate of drug-likeness (QED) is 0.667. The van der Waals surface area contributed by atoms with Crippen LogP contribution in [-0.2, 0) is 22.4 Å². The van der Waals surface area contributed by atoms with Gasteiger partial charge >= 0.3 is 5.97 Å². The Morgan fingerprint density at radius 3 is 2.62 bits per heavy atom. The molecular formula is C19H20O5. The number of rotatable bonds is 4. The molecule has 5 nitrogen and oxygen atoms in total. The van der Waals surface area contributed by atoms with Gasteiger partial charge in [-0.3, -0.25) is 4.79 Å². The fourth-order valence-corrected chi connectivity index (χ4v) is 2.91. The maximum Gasteiger partial charge on any atom is 0.310 e. The molecule has 1 aliphatic heterocycles. The number of hydrogen-bond acceptors (Lipinski definition) is 5. The summed E-state index contributed by atoms with van der Waals surface area (Å²) in [5.41, 5.74) is 2.90. The van der Waals surface area contributed by atoms with Crippen LogP contribution in [0.3, 0.4) is 0 Å². The normalized spacial score (nSPS) is 16.1. The third-order valence-electron chi connectivity index (χ3n) is 4.17. The van der Waals surface area contributed by atoms with Gasteiger partial charge < -0.3 is 19.7 Å². The van der Waals surface area contributed by atoms with Gasteiger partial charge in [-0.05, 0) is 36.1 Å². The predicted octanol–water partition coefficient (Wildman–Crippen LogP) is 2.92. The largest absolute Gasteiger partial charge is 0.504 e. The Morgan fingerprint density at radius 1 is 1.21 bits per heavy atom. The van der Waals surface area contributed by atoms with Gasteiger partial charge in [-0.2, -0.15) is 0 Å². The number of phenolic OH excluding ortho intramolecular Hbond substituents is 2. The van der Waals surface area contributed by atoms with E-state index in [4.69, 9.17) is 9.47 Å². The summed E-state index contributed by atoms with van der Waals surface area (Å²) in [7, 11) is 0. The first kappa shape index (κ1) is 16.2. The molecule has 5 heteroatoms. The first-order valence-corrected chi connectivity index (χ1v) is 7.99. The highest BCUT2D eigenvalue weighted by atomic mass is 16.5. The summed E-state index contributed by atoms with van der Waals surface area (Å²) in [4.78, 5) is 11.5. The molecule has 2 aromatic carbocycles. The molecule has 24 heavy (non-hydrogen) atoms. The second-order valence-electron chi connectivity index (χ2n) is 5.88. The van der Waals surface area contributed by atoms with Crippen molar-refractivity contribution < 1.29 is 24.5 Å². The predicted molar refractivity (Wildman–Crippen MR) is 88.5 cm³/mol. The summed E-state index contributed by atoms with van der Waals surface area (Å²) >= 11 is 0. The van der Waals surface area contributed by atoms with Crippen LogP contribution in [0.1, 0.15) is 29.5 Å². The highest BCUT2D eigenvalue weighted by molar-refractivity contribution is 5.72. The van der Waals surface area contributed by atoms with Crippen molar-refractivity contribution in [1.29, 1.82) is 0 Å². The Balaban J connectivity index is 1.71. The highest BCUT2D eigenvalue weighted by Gasteiger charge is 2.23. The maximum absolute atomic E-state index is 11.5. The van der Waals surface area contributed by atoms with Gasteiger partial charge in [0.2, 0.25) is 0 Å². The fraction of sp³-hybridized carbons (Fsp3) is 0.316. The van der Waals surface area contributed by atoms with Gasteiger partial charge in [0.1, 0.15) is 5.75 Å². The first-order valence-electron chi connectivity index (χ1n) is 7.99. The molecule has 0 fully saturated rings. The minimum absolute atomic E-state index is 0.136. The Labute approximate surface area is 140 Å². The van der Waals surface area contributed by atoms with E-state index in [1.807, 2.05) is 24.3 Å². The van der Waals surface area contributed by atoms with Crippen molar-refractivity contribution >= 4 is 5.97 Å². The number of aromatic hydroxyl groups is 2. The lowest BCUT2D eigenvalue weighted by Gasteiger charge is -2.26. The zero-order valence-corrected chi connectivity index (χ0v) is 13.5. The topological polar surface area (TPSA) is 76.0 Å². The number of hydrogen-bond donors (Lipinski definition) is 2. The monoisotopic (exact) mass is 328 g/mol. The number of fused-ring (bicyclic) bond motifs is 1. The molecule has 0 aromatic heterocycles. The van der Waals surface area contributed by atoms with Crippen LogP contribution in [0, 0.1) is 0 Å². The van der Waals surface area contributed by atoms with Crippen molar-refractivity contribution in [3.05, 3.63) is 53.1 Å². The van der Waals surface area contributed by atoms with Crippen molar-refractivity contribution in [2.45, 2.75) is 25.7 Å². The van der Waals surface area contributed by atoms with Crippen molar-refractivity contribution in [3.8, 4) is 17.2 Å². The van der Waals surface area contributed by atoms with E-state index in [1.165, 1.54) is 6.07 Å². The van der Waals surface area contributed by atoms with Crippen LogP contribution in [0.2, 0.25) is 0 Å². The van der Waals surface area contributed by atoms with Crippen molar-refractivity contribution in [1.82, 2.24) is 0 Å². The summed E-state index contributed by atoms with van der Waals surface area (Å²) in [6, 6.07) is 10.8. The molecule has 0 bridgehead atoms. The molecule has 1 aliphatic rings. The summed E-state index contributed by atoms with van der Waals surface area (Å²) in [5, 5.41) is 19.2. The molecule has 0 radical (unpaired) electrons. The molecule has 2 aromatic rings. The Hall–Kier alpha value is -2.69. The lowest BCUT2D eigenvalue weighted by Crippen LogP contribution is -2.19. The minimum atomic E-state index is -0.226. The van der Waals surface area contributed by atoms with E-state index in [9.17, 15) is 15.0 Å². The minimum Gasteiger partial charge on any atom is -0.504 e. The van der Waals surface area contributed by atoms with E-state index < -0.39 is 0 Å². The van der Waals surface area contributed by atoms with Crippen LogP contribution in [0.4, 0.5) is 0 Å². The number of ether oxygens (including phenoxy) is 2. The molecule has 1 atom stereocenters. The molecule has 0 aliphatic carbocycles. The lowest BCUT2D eigenvalue weighted by molar-refractivity contribution is -0.142. The van der Waals surface area contributed by atoms with Crippen LogP contribution in [-0.4, -0.2) is 29.4 Å². The molecule has 0 saturated carbocycles. The smallest absolute Gasteiger partial charge is 0.310 e. The Morgan fingerprint density at radius 2 is 1.92 bits per heavy atom. The fourth-order valence-electron chi connectivity index (χ4n) is 2.91. The standard InChI is InChI=1S/C19H20O5/c1-2-23-19(22)7-12-3-5-13(6-4-12)15-8-14-9-16(20)17(21)10-18(14)24-11-15/h3-6,9-10,15,20-21H,2,7-8,11H2,1H3. The Bertz CT molecular complexity index is 736. The van der Waals surface area contributed by atoms with Crippen molar-refractivity contribution in [2.24, 2.45) is 0 Å². The van der Waals surface area contributed by atoms with E-state index in [2.05, 4.69) is 0 Å². The van der Waals surface area contributed by atoms with Crippen LogP contribution < -0.4 is 4.74 Å². The molecule has 0 amide bonds. The Kier molecular flexibility index (Phi) is 4.60. The van der Waals surface area contributed by atoms with Crippen LogP contribution in [0.5, 0.6) is 17.2 Å². The summed E-state index contributed by atoms with van der Waals surface area (Å²) in [6.45, 7) is 2.69. The van der Waals surface area contributed by atoms with Gasteiger partial charge in [-0.25, -0.2) is 0 Å². The summed E-state index contributed by atoms with van der Waals surface area (Å²) in [5.74, 6) is 0.243. The van der Waals surface area contributed by atoms with E-state index in [1.54, 1.807) is 13.0 Å². The molecule has 1 heterocycles. The average molecular weight is 328 g/mol. The molecule has 0 saturated heterocycles. The number of esters is 1. The second-order valence-corrected chi connectivity index (χ2v) is 5.88. The molecule has 126 valence electrons. The van der Waals surface area contributed by atoms with Gasteiger partial charge in [0.15, 0.2) is 11.5 Å². The zero-order valence-electron chi connectivity index (χ0n) is 13.5. The average Bonchev–Trinajstić information content (AvgIpc) is 2.56. The van der Waals surface area contributed by atoms with E-state index in [0.29, 0.717) is 19.0 Å². The van der Waals surface area contributed by atoms with Crippen LogP contribution in [0.25, 0.3) is 0 Å². The maximum atomic E-state index is 11.5. The van der Waals surface area contributed by atoms with Crippen molar-refractivity contribution in [3.63, 3.8) is 0 Å². The van der Waals surface area contributed by atoms with Gasteiger partial charge in [-0.15, -0.1) is 0 Å². The van der Waals surface area contributed by atoms with Crippen LogP contribution >= 0.6 is 0 Å². The molecule has 3 rings (SSSR count). The molecule has 0 spiro atoms. The molecule has 1 unspecified atom stereocenters. The number of phenols is 2. The highest BCUT2D eigenvalue weighted by Crippen LogP contribution is 2.39. The number of carbonyl (C=O) groups excluding carboxylic acids is 1. The molecular weight excluding hydrogens is 308 g/mol. The van der Waals surface area contributed by atoms with Crippen LogP contribution in [0.15, 0.2) is 36.4 Å². The lowest BCUT2D eigenvalue weighted by atomic mass is 9.89. The van der Waals surface area contributed by atoms with Crippen molar-refractivity contribution in [2.75, 3.05) is 13.2 Å². The molecule has 2 N–H and O–H groups in total. The third-order valence-corrected chi connectivity index (χ3v) is 4.17.